The number of hydrogen-bond donors (Lipinski definition) is 1. The number of piperazine rings is 1. The number of nitrogens with zero attached hydrogens (tertiary/aromatic N) is 2. The fraction of sp³-hybridized carbons (Fsp3) is 0.545. The lowest BCUT2D eigenvalue weighted by Gasteiger charge is -2.38. The smallest absolute Gasteiger partial charge is 0.128 e. The Bertz CT molecular complexity index is 286. The molecule has 0 amide bonds. The Hall–Kier alpha value is -1.09. The van der Waals surface area contributed by atoms with E-state index in [2.05, 4.69) is 35.1 Å². The first-order chi connectivity index (χ1) is 6.77. The van der Waals surface area contributed by atoms with Crippen molar-refractivity contribution in [1.29, 1.82) is 0 Å². The minimum Gasteiger partial charge on any atom is -0.351 e. The summed E-state index contributed by atoms with van der Waals surface area (Å²) in [4.78, 5) is 6.75. The van der Waals surface area contributed by atoms with E-state index in [1.54, 1.807) is 0 Å². The Morgan fingerprint density at radius 2 is 2.29 bits per heavy atom. The highest BCUT2D eigenvalue weighted by Gasteiger charge is 2.22. The van der Waals surface area contributed by atoms with Crippen LogP contribution in [0.2, 0.25) is 0 Å². The van der Waals surface area contributed by atoms with E-state index in [0.717, 1.165) is 18.9 Å². The monoisotopic (exact) mass is 191 g/mol. The molecule has 1 aliphatic rings. The second-order valence-electron chi connectivity index (χ2n) is 4.00. The SMILES string of the molecule is C[C@@H]1CN(c2ccccn2)[C@H](C)CN1. The molecular formula is C11H17N3. The highest BCUT2D eigenvalue weighted by atomic mass is 15.3. The molecule has 0 aromatic carbocycles. The van der Waals surface area contributed by atoms with Crippen LogP contribution < -0.4 is 10.2 Å². The number of anilines is 1. The van der Waals surface area contributed by atoms with Crippen molar-refractivity contribution in [3.8, 4) is 0 Å². The summed E-state index contributed by atoms with van der Waals surface area (Å²) in [7, 11) is 0. The van der Waals surface area contributed by atoms with Gasteiger partial charge >= 0.3 is 0 Å². The van der Waals surface area contributed by atoms with Crippen LogP contribution in [0, 0.1) is 0 Å². The largest absolute Gasteiger partial charge is 0.351 e. The molecule has 0 unspecified atom stereocenters. The van der Waals surface area contributed by atoms with Gasteiger partial charge in [0.15, 0.2) is 0 Å². The van der Waals surface area contributed by atoms with Gasteiger partial charge in [-0.15, -0.1) is 0 Å². The Balaban J connectivity index is 2.16. The lowest BCUT2D eigenvalue weighted by molar-refractivity contribution is 0.422. The van der Waals surface area contributed by atoms with Gasteiger partial charge < -0.3 is 10.2 Å². The molecule has 0 aliphatic carbocycles. The van der Waals surface area contributed by atoms with E-state index in [4.69, 9.17) is 0 Å². The first-order valence-corrected chi connectivity index (χ1v) is 5.18. The van der Waals surface area contributed by atoms with Gasteiger partial charge in [-0.05, 0) is 26.0 Å². The zero-order valence-corrected chi connectivity index (χ0v) is 8.77. The molecule has 2 atom stereocenters. The Morgan fingerprint density at radius 3 is 3.00 bits per heavy atom. The summed E-state index contributed by atoms with van der Waals surface area (Å²) in [6.07, 6.45) is 1.86. The quantitative estimate of drug-likeness (QED) is 0.724. The van der Waals surface area contributed by atoms with Crippen molar-refractivity contribution in [2.24, 2.45) is 0 Å². The van der Waals surface area contributed by atoms with Crippen molar-refractivity contribution in [2.75, 3.05) is 18.0 Å². The zero-order chi connectivity index (χ0) is 9.97. The van der Waals surface area contributed by atoms with Crippen molar-refractivity contribution in [3.05, 3.63) is 24.4 Å². The summed E-state index contributed by atoms with van der Waals surface area (Å²) in [6.45, 7) is 6.52. The molecule has 0 radical (unpaired) electrons. The minimum atomic E-state index is 0.529. The highest BCUT2D eigenvalue weighted by Crippen LogP contribution is 2.15. The number of pyridine rings is 1. The molecule has 0 spiro atoms. The summed E-state index contributed by atoms with van der Waals surface area (Å²) < 4.78 is 0. The molecule has 1 aliphatic heterocycles. The van der Waals surface area contributed by atoms with Gasteiger partial charge in [-0.1, -0.05) is 6.07 Å². The second-order valence-corrected chi connectivity index (χ2v) is 4.00. The van der Waals surface area contributed by atoms with Gasteiger partial charge in [-0.25, -0.2) is 4.98 Å². The maximum Gasteiger partial charge on any atom is 0.128 e. The molecule has 3 heteroatoms. The number of rotatable bonds is 1. The van der Waals surface area contributed by atoms with Crippen molar-refractivity contribution in [2.45, 2.75) is 25.9 Å². The Kier molecular flexibility index (Phi) is 2.68. The van der Waals surface area contributed by atoms with Gasteiger partial charge in [0, 0.05) is 31.4 Å². The van der Waals surface area contributed by atoms with Gasteiger partial charge in [0.2, 0.25) is 0 Å². The lowest BCUT2D eigenvalue weighted by atomic mass is 10.1. The third-order valence-corrected chi connectivity index (χ3v) is 2.71. The van der Waals surface area contributed by atoms with Crippen LogP contribution in [0.5, 0.6) is 0 Å². The zero-order valence-electron chi connectivity index (χ0n) is 8.77. The normalized spacial score (nSPS) is 27.7. The van der Waals surface area contributed by atoms with Crippen LogP contribution in [0.15, 0.2) is 24.4 Å². The van der Waals surface area contributed by atoms with E-state index in [9.17, 15) is 0 Å². The lowest BCUT2D eigenvalue weighted by Crippen LogP contribution is -2.54. The molecule has 1 fully saturated rings. The highest BCUT2D eigenvalue weighted by molar-refractivity contribution is 5.40. The average Bonchev–Trinajstić information content (AvgIpc) is 2.23. The van der Waals surface area contributed by atoms with E-state index >= 15 is 0 Å². The van der Waals surface area contributed by atoms with E-state index in [0.29, 0.717) is 12.1 Å². The van der Waals surface area contributed by atoms with Crippen LogP contribution >= 0.6 is 0 Å². The number of hydrogen-bond acceptors (Lipinski definition) is 3. The minimum absolute atomic E-state index is 0.529. The van der Waals surface area contributed by atoms with Crippen molar-refractivity contribution in [3.63, 3.8) is 0 Å². The van der Waals surface area contributed by atoms with Gasteiger partial charge in [0.25, 0.3) is 0 Å². The molecule has 1 aromatic heterocycles. The fourth-order valence-electron chi connectivity index (χ4n) is 1.86. The standard InChI is InChI=1S/C11H17N3/c1-9-8-14(10(2)7-13-9)11-5-3-4-6-12-11/h3-6,9-10,13H,7-8H2,1-2H3/t9-,10-/m1/s1. The Labute approximate surface area is 85.1 Å². The summed E-state index contributed by atoms with van der Waals surface area (Å²) >= 11 is 0. The van der Waals surface area contributed by atoms with E-state index < -0.39 is 0 Å². The molecule has 0 bridgehead atoms. The summed E-state index contributed by atoms with van der Waals surface area (Å²) in [6, 6.07) is 7.16. The van der Waals surface area contributed by atoms with E-state index in [1.165, 1.54) is 0 Å². The van der Waals surface area contributed by atoms with Crippen LogP contribution in [-0.4, -0.2) is 30.2 Å². The molecule has 0 saturated carbocycles. The molecule has 1 saturated heterocycles. The summed E-state index contributed by atoms with van der Waals surface area (Å²) in [5.41, 5.74) is 0. The predicted molar refractivity (Wildman–Crippen MR) is 58.5 cm³/mol. The van der Waals surface area contributed by atoms with Crippen LogP contribution in [0.3, 0.4) is 0 Å². The molecule has 3 nitrogen and oxygen atoms in total. The third-order valence-electron chi connectivity index (χ3n) is 2.71. The molecular weight excluding hydrogens is 174 g/mol. The second kappa shape index (κ2) is 3.96. The van der Waals surface area contributed by atoms with Gasteiger partial charge in [-0.3, -0.25) is 0 Å². The number of aromatic nitrogens is 1. The summed E-state index contributed by atoms with van der Waals surface area (Å²) in [5.74, 6) is 1.09. The Morgan fingerprint density at radius 1 is 1.43 bits per heavy atom. The fourth-order valence-corrected chi connectivity index (χ4v) is 1.86. The third kappa shape index (κ3) is 1.87. The molecule has 2 heterocycles. The molecule has 2 rings (SSSR count). The van der Waals surface area contributed by atoms with Gasteiger partial charge in [-0.2, -0.15) is 0 Å². The van der Waals surface area contributed by atoms with Crippen molar-refractivity contribution in [1.82, 2.24) is 10.3 Å². The first-order valence-electron chi connectivity index (χ1n) is 5.18. The maximum atomic E-state index is 4.39. The molecule has 1 N–H and O–H groups in total. The maximum absolute atomic E-state index is 4.39. The van der Waals surface area contributed by atoms with Crippen LogP contribution in [0.4, 0.5) is 5.82 Å². The van der Waals surface area contributed by atoms with Crippen LogP contribution in [0.25, 0.3) is 0 Å². The summed E-state index contributed by atoms with van der Waals surface area (Å²) in [5, 5.41) is 3.46. The van der Waals surface area contributed by atoms with Gasteiger partial charge in [0.1, 0.15) is 5.82 Å². The van der Waals surface area contributed by atoms with Crippen molar-refractivity contribution >= 4 is 5.82 Å². The molecule has 1 aromatic rings. The van der Waals surface area contributed by atoms with Crippen LogP contribution in [-0.2, 0) is 0 Å². The topological polar surface area (TPSA) is 28.2 Å². The van der Waals surface area contributed by atoms with Gasteiger partial charge in [0.05, 0.1) is 0 Å². The average molecular weight is 191 g/mol. The first kappa shape index (κ1) is 9.46. The van der Waals surface area contributed by atoms with E-state index in [-0.39, 0.29) is 0 Å². The molecule has 76 valence electrons. The number of nitrogens with one attached hydrogen (secondary N) is 1. The van der Waals surface area contributed by atoms with Crippen LogP contribution in [0.1, 0.15) is 13.8 Å². The van der Waals surface area contributed by atoms with E-state index in [1.807, 2.05) is 18.3 Å². The molecule has 14 heavy (non-hydrogen) atoms. The predicted octanol–water partition coefficient (Wildman–Crippen LogP) is 1.27. The van der Waals surface area contributed by atoms with Crippen molar-refractivity contribution < 1.29 is 0 Å².